The Morgan fingerprint density at radius 2 is 2.13 bits per heavy atom. The molecule has 2 nitrogen and oxygen atoms in total. The molecule has 2 heteroatoms. The van der Waals surface area contributed by atoms with E-state index >= 15 is 0 Å². The molecular weight excluding hydrogens is 186 g/mol. The van der Waals surface area contributed by atoms with Crippen molar-refractivity contribution in [2.75, 3.05) is 0 Å². The summed E-state index contributed by atoms with van der Waals surface area (Å²) in [6, 6.07) is 4.27. The second-order valence-electron chi connectivity index (χ2n) is 4.36. The highest BCUT2D eigenvalue weighted by Gasteiger charge is 2.25. The number of fused-ring (bicyclic) bond motifs is 1. The van der Waals surface area contributed by atoms with Crippen LogP contribution in [0.5, 0.6) is 0 Å². The molecule has 0 radical (unpaired) electrons. The largest absolute Gasteiger partial charge is 0.348 e. The lowest BCUT2D eigenvalue weighted by Gasteiger charge is -2.12. The summed E-state index contributed by atoms with van der Waals surface area (Å²) in [5.74, 6) is 0.512. The third-order valence-corrected chi connectivity index (χ3v) is 3.10. The molecule has 0 saturated carbocycles. The van der Waals surface area contributed by atoms with Crippen LogP contribution in [0, 0.1) is 0 Å². The van der Waals surface area contributed by atoms with Gasteiger partial charge in [0.1, 0.15) is 0 Å². The number of carbonyl (C=O) groups excluding carboxylic acids is 1. The maximum absolute atomic E-state index is 11.7. The molecule has 0 aliphatic carbocycles. The van der Waals surface area contributed by atoms with Crippen molar-refractivity contribution in [3.05, 3.63) is 34.4 Å². The average molecular weight is 203 g/mol. The SMILES string of the molecule is CCc1ccc(C(C)C)c2c1CNC2=O. The molecule has 0 fully saturated rings. The summed E-state index contributed by atoms with van der Waals surface area (Å²) >= 11 is 0. The Kier molecular flexibility index (Phi) is 2.51. The average Bonchev–Trinajstić information content (AvgIpc) is 2.60. The lowest BCUT2D eigenvalue weighted by molar-refractivity contribution is 0.0964. The lowest BCUT2D eigenvalue weighted by Crippen LogP contribution is -2.14. The number of nitrogens with one attached hydrogen (secondary N) is 1. The summed E-state index contributed by atoms with van der Waals surface area (Å²) in [6.07, 6.45) is 0.996. The van der Waals surface area contributed by atoms with E-state index in [1.54, 1.807) is 0 Å². The predicted molar refractivity (Wildman–Crippen MR) is 61.1 cm³/mol. The van der Waals surface area contributed by atoms with Crippen LogP contribution in [0.1, 0.15) is 53.7 Å². The van der Waals surface area contributed by atoms with E-state index in [1.807, 2.05) is 0 Å². The number of rotatable bonds is 2. The number of benzene rings is 1. The monoisotopic (exact) mass is 203 g/mol. The molecule has 0 spiro atoms. The van der Waals surface area contributed by atoms with E-state index in [1.165, 1.54) is 16.7 Å². The van der Waals surface area contributed by atoms with Crippen molar-refractivity contribution in [2.24, 2.45) is 0 Å². The van der Waals surface area contributed by atoms with Crippen LogP contribution in [0.4, 0.5) is 0 Å². The van der Waals surface area contributed by atoms with E-state index < -0.39 is 0 Å². The topological polar surface area (TPSA) is 29.1 Å². The molecule has 1 aromatic carbocycles. The molecule has 0 aromatic heterocycles. The Balaban J connectivity index is 2.63. The van der Waals surface area contributed by atoms with E-state index in [9.17, 15) is 4.79 Å². The Hall–Kier alpha value is -1.31. The van der Waals surface area contributed by atoms with Crippen LogP contribution >= 0.6 is 0 Å². The molecule has 1 amide bonds. The molecule has 1 aliphatic heterocycles. The van der Waals surface area contributed by atoms with Gasteiger partial charge in [-0.1, -0.05) is 32.9 Å². The molecule has 0 unspecified atom stereocenters. The first kappa shape index (κ1) is 10.2. The fourth-order valence-corrected chi connectivity index (χ4v) is 2.25. The molecule has 0 saturated heterocycles. The minimum Gasteiger partial charge on any atom is -0.348 e. The van der Waals surface area contributed by atoms with Crippen molar-refractivity contribution in [1.82, 2.24) is 5.32 Å². The van der Waals surface area contributed by atoms with Crippen molar-refractivity contribution in [3.8, 4) is 0 Å². The molecule has 0 atom stereocenters. The van der Waals surface area contributed by atoms with Crippen LogP contribution in [0.25, 0.3) is 0 Å². The third-order valence-electron chi connectivity index (χ3n) is 3.10. The van der Waals surface area contributed by atoms with Crippen molar-refractivity contribution >= 4 is 5.91 Å². The van der Waals surface area contributed by atoms with Crippen molar-refractivity contribution in [1.29, 1.82) is 0 Å². The van der Waals surface area contributed by atoms with E-state index in [-0.39, 0.29) is 5.91 Å². The summed E-state index contributed by atoms with van der Waals surface area (Å²) in [5.41, 5.74) is 4.63. The van der Waals surface area contributed by atoms with Crippen LogP contribution < -0.4 is 5.32 Å². The highest BCUT2D eigenvalue weighted by molar-refractivity contribution is 6.00. The molecule has 0 bridgehead atoms. The Morgan fingerprint density at radius 3 is 2.73 bits per heavy atom. The molecule has 1 aromatic rings. The minimum atomic E-state index is 0.101. The molecule has 2 rings (SSSR count). The number of aryl methyl sites for hydroxylation is 1. The zero-order chi connectivity index (χ0) is 11.0. The van der Waals surface area contributed by atoms with E-state index in [2.05, 4.69) is 38.2 Å². The number of carbonyl (C=O) groups is 1. The summed E-state index contributed by atoms with van der Waals surface area (Å²) in [5, 5.41) is 2.92. The molecule has 1 N–H and O–H groups in total. The maximum Gasteiger partial charge on any atom is 0.252 e. The second kappa shape index (κ2) is 3.69. The van der Waals surface area contributed by atoms with Crippen molar-refractivity contribution < 1.29 is 4.79 Å². The number of hydrogen-bond donors (Lipinski definition) is 1. The van der Waals surface area contributed by atoms with Gasteiger partial charge in [-0.05, 0) is 29.0 Å². The fraction of sp³-hybridized carbons (Fsp3) is 0.462. The third kappa shape index (κ3) is 1.54. The first-order valence-corrected chi connectivity index (χ1v) is 5.58. The van der Waals surface area contributed by atoms with Crippen LogP contribution in [0.2, 0.25) is 0 Å². The van der Waals surface area contributed by atoms with Gasteiger partial charge in [0.15, 0.2) is 0 Å². The quantitative estimate of drug-likeness (QED) is 0.786. The molecule has 1 heterocycles. The van der Waals surface area contributed by atoms with Crippen molar-refractivity contribution in [2.45, 2.75) is 39.7 Å². The molecule has 80 valence electrons. The van der Waals surface area contributed by atoms with Gasteiger partial charge in [0, 0.05) is 12.1 Å². The molecule has 15 heavy (non-hydrogen) atoms. The van der Waals surface area contributed by atoms with Gasteiger partial charge in [-0.15, -0.1) is 0 Å². The number of hydrogen-bond acceptors (Lipinski definition) is 1. The first-order valence-electron chi connectivity index (χ1n) is 5.58. The zero-order valence-corrected chi connectivity index (χ0v) is 9.55. The normalized spacial score (nSPS) is 14.3. The van der Waals surface area contributed by atoms with Gasteiger partial charge in [-0.3, -0.25) is 4.79 Å². The van der Waals surface area contributed by atoms with Gasteiger partial charge in [0.05, 0.1) is 0 Å². The van der Waals surface area contributed by atoms with Gasteiger partial charge in [-0.25, -0.2) is 0 Å². The highest BCUT2D eigenvalue weighted by atomic mass is 16.1. The van der Waals surface area contributed by atoms with Gasteiger partial charge < -0.3 is 5.32 Å². The summed E-state index contributed by atoms with van der Waals surface area (Å²) in [4.78, 5) is 11.7. The number of amides is 1. The summed E-state index contributed by atoms with van der Waals surface area (Å²) < 4.78 is 0. The van der Waals surface area contributed by atoms with Gasteiger partial charge in [0.2, 0.25) is 0 Å². The van der Waals surface area contributed by atoms with Crippen LogP contribution in [-0.4, -0.2) is 5.91 Å². The predicted octanol–water partition coefficient (Wildman–Crippen LogP) is 2.62. The Morgan fingerprint density at radius 1 is 1.40 bits per heavy atom. The van der Waals surface area contributed by atoms with E-state index in [0.29, 0.717) is 12.5 Å². The Labute approximate surface area is 90.7 Å². The maximum atomic E-state index is 11.7. The van der Waals surface area contributed by atoms with Gasteiger partial charge in [-0.2, -0.15) is 0 Å². The fourth-order valence-electron chi connectivity index (χ4n) is 2.25. The standard InChI is InChI=1S/C13H17NO/c1-4-9-5-6-10(8(2)3)12-11(9)7-14-13(12)15/h5-6,8H,4,7H2,1-3H3,(H,14,15). The molecular formula is C13H17NO. The van der Waals surface area contributed by atoms with E-state index in [4.69, 9.17) is 0 Å². The summed E-state index contributed by atoms with van der Waals surface area (Å²) in [6.45, 7) is 7.10. The first-order chi connectivity index (χ1) is 7.15. The lowest BCUT2D eigenvalue weighted by atomic mass is 9.91. The highest BCUT2D eigenvalue weighted by Crippen LogP contribution is 2.28. The zero-order valence-electron chi connectivity index (χ0n) is 9.55. The van der Waals surface area contributed by atoms with Gasteiger partial charge in [0.25, 0.3) is 5.91 Å². The summed E-state index contributed by atoms with van der Waals surface area (Å²) in [7, 11) is 0. The second-order valence-corrected chi connectivity index (χ2v) is 4.36. The molecule has 1 aliphatic rings. The smallest absolute Gasteiger partial charge is 0.252 e. The van der Waals surface area contributed by atoms with Gasteiger partial charge >= 0.3 is 0 Å². The van der Waals surface area contributed by atoms with Crippen LogP contribution in [-0.2, 0) is 13.0 Å². The van der Waals surface area contributed by atoms with Crippen LogP contribution in [0.3, 0.4) is 0 Å². The minimum absolute atomic E-state index is 0.101. The van der Waals surface area contributed by atoms with Crippen molar-refractivity contribution in [3.63, 3.8) is 0 Å². The van der Waals surface area contributed by atoms with E-state index in [0.717, 1.165) is 12.0 Å². The Bertz CT molecular complexity index is 407. The van der Waals surface area contributed by atoms with Crippen LogP contribution in [0.15, 0.2) is 12.1 Å².